The molecule has 2 aromatic carbocycles. The summed E-state index contributed by atoms with van der Waals surface area (Å²) in [6.07, 6.45) is -0.201. The van der Waals surface area contributed by atoms with Gasteiger partial charge in [0.1, 0.15) is 0 Å². The number of benzene rings is 2. The van der Waals surface area contributed by atoms with Gasteiger partial charge in [-0.25, -0.2) is 0 Å². The lowest BCUT2D eigenvalue weighted by molar-refractivity contribution is -0.136. The number of halogens is 1. The van der Waals surface area contributed by atoms with Gasteiger partial charge in [-0.15, -0.1) is 0 Å². The largest absolute Gasteiger partial charge is 0.481 e. The number of ketones is 1. The number of rotatable bonds is 4. The summed E-state index contributed by atoms with van der Waals surface area (Å²) >= 11 is 3.30. The summed E-state index contributed by atoms with van der Waals surface area (Å²) in [5, 5.41) is 8.82. The molecular formula is C17H18BrNO3. The van der Waals surface area contributed by atoms with Crippen LogP contribution in [0, 0.1) is 0 Å². The Labute approximate surface area is 138 Å². The van der Waals surface area contributed by atoms with Crippen molar-refractivity contribution in [2.75, 3.05) is 5.73 Å². The third kappa shape index (κ3) is 4.43. The van der Waals surface area contributed by atoms with Crippen LogP contribution in [0.1, 0.15) is 35.3 Å². The highest BCUT2D eigenvalue weighted by Gasteiger charge is 2.15. The van der Waals surface area contributed by atoms with Crippen molar-refractivity contribution in [1.29, 1.82) is 0 Å². The Bertz CT molecular complexity index is 666. The normalized spacial score (nSPS) is 9.59. The van der Waals surface area contributed by atoms with E-state index in [2.05, 4.69) is 15.9 Å². The fourth-order valence-corrected chi connectivity index (χ4v) is 2.15. The number of nitrogen functional groups attached to an aromatic ring is 1. The zero-order chi connectivity index (χ0) is 16.7. The molecule has 0 bridgehead atoms. The predicted molar refractivity (Wildman–Crippen MR) is 91.1 cm³/mol. The SMILES string of the molecule is CC.Nc1c(CC(=O)O)cccc1C(=O)c1ccc(Br)cc1. The maximum absolute atomic E-state index is 12.4. The molecule has 0 aliphatic rings. The highest BCUT2D eigenvalue weighted by Crippen LogP contribution is 2.22. The third-order valence-electron chi connectivity index (χ3n) is 2.89. The number of hydrogen-bond donors (Lipinski definition) is 2. The van der Waals surface area contributed by atoms with Gasteiger partial charge in [-0.3, -0.25) is 9.59 Å². The van der Waals surface area contributed by atoms with Crippen molar-refractivity contribution in [2.24, 2.45) is 0 Å². The average Bonchev–Trinajstić information content (AvgIpc) is 2.51. The molecule has 116 valence electrons. The van der Waals surface area contributed by atoms with Crippen LogP contribution in [0.5, 0.6) is 0 Å². The molecule has 0 spiro atoms. The highest BCUT2D eigenvalue weighted by molar-refractivity contribution is 9.10. The van der Waals surface area contributed by atoms with Crippen LogP contribution in [0.25, 0.3) is 0 Å². The Morgan fingerprint density at radius 1 is 1.09 bits per heavy atom. The van der Waals surface area contributed by atoms with E-state index in [0.717, 1.165) is 4.47 Å². The molecular weight excluding hydrogens is 346 g/mol. The Morgan fingerprint density at radius 2 is 1.68 bits per heavy atom. The molecule has 2 rings (SSSR count). The number of carboxylic acid groups (broad SMARTS) is 1. The van der Waals surface area contributed by atoms with Crippen molar-refractivity contribution in [3.05, 3.63) is 63.6 Å². The first-order valence-electron chi connectivity index (χ1n) is 6.88. The Kier molecular flexibility index (Phi) is 6.79. The summed E-state index contributed by atoms with van der Waals surface area (Å²) in [5.74, 6) is -1.20. The molecule has 0 amide bonds. The number of anilines is 1. The van der Waals surface area contributed by atoms with E-state index in [4.69, 9.17) is 10.8 Å². The van der Waals surface area contributed by atoms with Gasteiger partial charge in [-0.2, -0.15) is 0 Å². The lowest BCUT2D eigenvalue weighted by atomic mass is 9.98. The highest BCUT2D eigenvalue weighted by atomic mass is 79.9. The van der Waals surface area contributed by atoms with Crippen LogP contribution in [0.3, 0.4) is 0 Å². The van der Waals surface area contributed by atoms with E-state index < -0.39 is 5.97 Å². The van der Waals surface area contributed by atoms with Crippen LogP contribution in [0.4, 0.5) is 5.69 Å². The van der Waals surface area contributed by atoms with E-state index >= 15 is 0 Å². The number of aliphatic carboxylic acids is 1. The van der Waals surface area contributed by atoms with E-state index in [-0.39, 0.29) is 17.9 Å². The first kappa shape index (κ1) is 17.9. The third-order valence-corrected chi connectivity index (χ3v) is 3.42. The minimum Gasteiger partial charge on any atom is -0.481 e. The average molecular weight is 364 g/mol. The number of carbonyl (C=O) groups is 2. The topological polar surface area (TPSA) is 80.4 Å². The Balaban J connectivity index is 0.00000116. The molecule has 0 radical (unpaired) electrons. The van der Waals surface area contributed by atoms with Crippen LogP contribution in [-0.2, 0) is 11.2 Å². The summed E-state index contributed by atoms with van der Waals surface area (Å²) in [7, 11) is 0. The zero-order valence-corrected chi connectivity index (χ0v) is 14.1. The first-order valence-corrected chi connectivity index (χ1v) is 7.68. The van der Waals surface area contributed by atoms with Crippen LogP contribution >= 0.6 is 15.9 Å². The van der Waals surface area contributed by atoms with E-state index in [0.29, 0.717) is 16.7 Å². The van der Waals surface area contributed by atoms with E-state index in [1.54, 1.807) is 42.5 Å². The van der Waals surface area contributed by atoms with Crippen molar-refractivity contribution in [3.63, 3.8) is 0 Å². The van der Waals surface area contributed by atoms with Gasteiger partial charge in [-0.05, 0) is 35.9 Å². The second-order valence-corrected chi connectivity index (χ2v) is 5.20. The van der Waals surface area contributed by atoms with Crippen molar-refractivity contribution in [1.82, 2.24) is 0 Å². The van der Waals surface area contributed by atoms with Crippen LogP contribution < -0.4 is 5.73 Å². The molecule has 0 heterocycles. The molecule has 0 aromatic heterocycles. The first-order chi connectivity index (χ1) is 10.5. The lowest BCUT2D eigenvalue weighted by Gasteiger charge is -2.09. The van der Waals surface area contributed by atoms with Gasteiger partial charge in [0.25, 0.3) is 0 Å². The number of carboxylic acids is 1. The quantitative estimate of drug-likeness (QED) is 0.637. The van der Waals surface area contributed by atoms with Gasteiger partial charge in [0.15, 0.2) is 5.78 Å². The van der Waals surface area contributed by atoms with Crippen LogP contribution in [0.2, 0.25) is 0 Å². The summed E-state index contributed by atoms with van der Waals surface area (Å²) in [6.45, 7) is 4.00. The van der Waals surface area contributed by atoms with E-state index in [1.165, 1.54) is 0 Å². The van der Waals surface area contributed by atoms with Crippen molar-refractivity contribution in [2.45, 2.75) is 20.3 Å². The molecule has 0 saturated heterocycles. The molecule has 0 fully saturated rings. The number of hydrogen-bond acceptors (Lipinski definition) is 3. The van der Waals surface area contributed by atoms with Gasteiger partial charge >= 0.3 is 5.97 Å². The monoisotopic (exact) mass is 363 g/mol. The molecule has 2 aromatic rings. The van der Waals surface area contributed by atoms with Crippen molar-refractivity contribution in [3.8, 4) is 0 Å². The van der Waals surface area contributed by atoms with E-state index in [9.17, 15) is 9.59 Å². The summed E-state index contributed by atoms with van der Waals surface area (Å²) in [6, 6.07) is 11.8. The second kappa shape index (κ2) is 8.34. The molecule has 0 saturated carbocycles. The minimum absolute atomic E-state index is 0.201. The molecule has 0 aliphatic heterocycles. The van der Waals surface area contributed by atoms with Gasteiger partial charge < -0.3 is 10.8 Å². The molecule has 0 unspecified atom stereocenters. The second-order valence-electron chi connectivity index (χ2n) is 4.28. The smallest absolute Gasteiger partial charge is 0.307 e. The van der Waals surface area contributed by atoms with Gasteiger partial charge in [0, 0.05) is 21.3 Å². The van der Waals surface area contributed by atoms with Crippen molar-refractivity contribution < 1.29 is 14.7 Å². The maximum atomic E-state index is 12.4. The number of para-hydroxylation sites is 1. The molecule has 5 heteroatoms. The maximum Gasteiger partial charge on any atom is 0.307 e. The standard InChI is InChI=1S/C15H12BrNO3.C2H6/c16-11-6-4-9(5-7-11)15(20)12-3-1-2-10(14(12)17)8-13(18)19;1-2/h1-7H,8,17H2,(H,18,19);1-2H3. The van der Waals surface area contributed by atoms with E-state index in [1.807, 2.05) is 13.8 Å². The fourth-order valence-electron chi connectivity index (χ4n) is 1.88. The molecule has 4 nitrogen and oxygen atoms in total. The van der Waals surface area contributed by atoms with Gasteiger partial charge in [-0.1, -0.05) is 41.9 Å². The summed E-state index contributed by atoms with van der Waals surface area (Å²) in [4.78, 5) is 23.1. The molecule has 0 aliphatic carbocycles. The lowest BCUT2D eigenvalue weighted by Crippen LogP contribution is -2.10. The number of nitrogens with two attached hydrogens (primary N) is 1. The van der Waals surface area contributed by atoms with Crippen LogP contribution in [-0.4, -0.2) is 16.9 Å². The minimum atomic E-state index is -0.982. The molecule has 22 heavy (non-hydrogen) atoms. The fraction of sp³-hybridized carbons (Fsp3) is 0.176. The summed E-state index contributed by atoms with van der Waals surface area (Å²) in [5.41, 5.74) is 7.41. The Hall–Kier alpha value is -2.14. The molecule has 0 atom stereocenters. The van der Waals surface area contributed by atoms with Crippen LogP contribution in [0.15, 0.2) is 46.9 Å². The summed E-state index contributed by atoms with van der Waals surface area (Å²) < 4.78 is 0.877. The number of carbonyl (C=O) groups excluding carboxylic acids is 1. The van der Waals surface area contributed by atoms with Crippen molar-refractivity contribution >= 4 is 33.4 Å². The van der Waals surface area contributed by atoms with Gasteiger partial charge in [0.2, 0.25) is 0 Å². The molecule has 3 N–H and O–H groups in total. The Morgan fingerprint density at radius 3 is 2.23 bits per heavy atom. The zero-order valence-electron chi connectivity index (χ0n) is 12.5. The predicted octanol–water partition coefficient (Wildman–Crippen LogP) is 3.92. The van der Waals surface area contributed by atoms with Gasteiger partial charge in [0.05, 0.1) is 6.42 Å².